The van der Waals surface area contributed by atoms with E-state index in [1.54, 1.807) is 41.5 Å². The topological polar surface area (TPSA) is 118 Å². The van der Waals surface area contributed by atoms with Crippen molar-refractivity contribution >= 4 is 23.9 Å². The quantitative estimate of drug-likeness (QED) is 0.455. The highest BCUT2D eigenvalue weighted by molar-refractivity contribution is 5.91. The summed E-state index contributed by atoms with van der Waals surface area (Å²) in [5.41, 5.74) is -2.02. The number of carbonyl (C=O) groups is 4. The normalized spacial score (nSPS) is 14.5. The zero-order chi connectivity index (χ0) is 20.0. The van der Waals surface area contributed by atoms with Gasteiger partial charge in [-0.15, -0.1) is 0 Å². The van der Waals surface area contributed by atoms with Gasteiger partial charge in [0.15, 0.2) is 0 Å². The molecule has 144 valence electrons. The third kappa shape index (κ3) is 6.84. The number of carbonyl (C=O) groups excluding carboxylic acids is 2. The maximum atomic E-state index is 12.4. The van der Waals surface area contributed by atoms with Crippen molar-refractivity contribution < 1.29 is 34.1 Å². The third-order valence-electron chi connectivity index (χ3n) is 5.28. The average molecular weight is 358 g/mol. The fourth-order valence-corrected chi connectivity index (χ4v) is 2.15. The van der Waals surface area contributed by atoms with Gasteiger partial charge in [0.05, 0.1) is 10.8 Å². The fourth-order valence-electron chi connectivity index (χ4n) is 2.15. The minimum atomic E-state index is -1.01. The molecule has 0 aliphatic rings. The number of esters is 2. The lowest BCUT2D eigenvalue weighted by Gasteiger charge is -2.32. The molecule has 0 rings (SSSR count). The third-order valence-corrected chi connectivity index (χ3v) is 5.28. The number of rotatable bonds is 10. The van der Waals surface area contributed by atoms with Crippen LogP contribution in [0.4, 0.5) is 0 Å². The van der Waals surface area contributed by atoms with Gasteiger partial charge in [-0.2, -0.15) is 0 Å². The summed E-state index contributed by atoms with van der Waals surface area (Å²) in [4.78, 5) is 46.2. The molecule has 2 N–H and O–H groups in total. The maximum absolute atomic E-state index is 12.4. The van der Waals surface area contributed by atoms with E-state index in [2.05, 4.69) is 0 Å². The van der Waals surface area contributed by atoms with Crippen molar-refractivity contribution in [2.45, 2.75) is 67.2 Å². The highest BCUT2D eigenvalue weighted by Crippen LogP contribution is 2.35. The Kier molecular flexibility index (Phi) is 8.28. The first-order valence-electron chi connectivity index (χ1n) is 8.43. The van der Waals surface area contributed by atoms with Gasteiger partial charge >= 0.3 is 23.9 Å². The van der Waals surface area contributed by atoms with Crippen LogP contribution in [0.2, 0.25) is 0 Å². The van der Waals surface area contributed by atoms with Crippen molar-refractivity contribution in [3.8, 4) is 0 Å². The monoisotopic (exact) mass is 358 g/mol. The standard InChI is InChI=1S/C18H30O7/c1-11(7-9-13(19)20)17(3,4)15(23)25-16(24)18(5,6)12(2)8-10-14(21)22/h11-12H,7-10H2,1-6H3,(H,19,20)(H,21,22). The predicted molar refractivity (Wildman–Crippen MR) is 90.7 cm³/mol. The van der Waals surface area contributed by atoms with E-state index in [1.165, 1.54) is 0 Å². The van der Waals surface area contributed by atoms with E-state index in [1.807, 2.05) is 0 Å². The number of carboxylic acid groups (broad SMARTS) is 2. The SMILES string of the molecule is CC(CCC(=O)O)C(C)(C)C(=O)OC(=O)C(C)(C)C(C)CCC(=O)O. The van der Waals surface area contributed by atoms with Gasteiger partial charge in [-0.1, -0.05) is 13.8 Å². The van der Waals surface area contributed by atoms with E-state index < -0.39 is 34.7 Å². The van der Waals surface area contributed by atoms with Crippen molar-refractivity contribution in [1.82, 2.24) is 0 Å². The largest absolute Gasteiger partial charge is 0.481 e. The molecule has 0 radical (unpaired) electrons. The number of hydrogen-bond acceptors (Lipinski definition) is 5. The second kappa shape index (κ2) is 8.97. The molecule has 0 saturated carbocycles. The zero-order valence-corrected chi connectivity index (χ0v) is 15.9. The minimum absolute atomic E-state index is 0.0659. The summed E-state index contributed by atoms with van der Waals surface area (Å²) in [7, 11) is 0. The van der Waals surface area contributed by atoms with E-state index in [0.29, 0.717) is 12.8 Å². The van der Waals surface area contributed by atoms with Crippen LogP contribution >= 0.6 is 0 Å². The number of carboxylic acids is 2. The predicted octanol–water partition coefficient (Wildman–Crippen LogP) is 3.11. The van der Waals surface area contributed by atoms with Crippen LogP contribution in [0.5, 0.6) is 0 Å². The Morgan fingerprint density at radius 3 is 1.28 bits per heavy atom. The number of ether oxygens (including phenoxy) is 1. The highest BCUT2D eigenvalue weighted by Gasteiger charge is 2.42. The summed E-state index contributed by atoms with van der Waals surface area (Å²) < 4.78 is 5.06. The van der Waals surface area contributed by atoms with E-state index >= 15 is 0 Å². The van der Waals surface area contributed by atoms with Gasteiger partial charge in [-0.3, -0.25) is 19.2 Å². The zero-order valence-electron chi connectivity index (χ0n) is 15.9. The molecule has 0 aromatic carbocycles. The summed E-state index contributed by atoms with van der Waals surface area (Å²) in [6, 6.07) is 0. The van der Waals surface area contributed by atoms with E-state index in [4.69, 9.17) is 14.9 Å². The second-order valence-corrected chi connectivity index (χ2v) is 7.79. The smallest absolute Gasteiger partial charge is 0.319 e. The van der Waals surface area contributed by atoms with Gasteiger partial charge in [0.2, 0.25) is 0 Å². The van der Waals surface area contributed by atoms with Crippen LogP contribution in [0.15, 0.2) is 0 Å². The van der Waals surface area contributed by atoms with E-state index in [9.17, 15) is 19.2 Å². The molecule has 0 amide bonds. The molecule has 2 unspecified atom stereocenters. The molecule has 0 heterocycles. The van der Waals surface area contributed by atoms with Gasteiger partial charge in [-0.25, -0.2) is 0 Å². The van der Waals surface area contributed by atoms with Gasteiger partial charge in [0, 0.05) is 12.8 Å². The molecule has 0 spiro atoms. The lowest BCUT2D eigenvalue weighted by molar-refractivity contribution is -0.176. The van der Waals surface area contributed by atoms with Crippen molar-refractivity contribution in [2.24, 2.45) is 22.7 Å². The van der Waals surface area contributed by atoms with E-state index in [0.717, 1.165) is 0 Å². The first-order chi connectivity index (χ1) is 11.2. The summed E-state index contributed by atoms with van der Waals surface area (Å²) in [5.74, 6) is -3.85. The molecular formula is C18H30O7. The Morgan fingerprint density at radius 1 is 0.760 bits per heavy atom. The number of aliphatic carboxylic acids is 2. The average Bonchev–Trinajstić information content (AvgIpc) is 2.49. The first-order valence-corrected chi connectivity index (χ1v) is 8.43. The van der Waals surface area contributed by atoms with Crippen LogP contribution < -0.4 is 0 Å². The van der Waals surface area contributed by atoms with Gasteiger partial charge < -0.3 is 14.9 Å². The molecule has 25 heavy (non-hydrogen) atoms. The van der Waals surface area contributed by atoms with Crippen molar-refractivity contribution in [3.63, 3.8) is 0 Å². The maximum Gasteiger partial charge on any atom is 0.319 e. The van der Waals surface area contributed by atoms with Crippen LogP contribution in [0.1, 0.15) is 67.2 Å². The minimum Gasteiger partial charge on any atom is -0.481 e. The number of hydrogen-bond donors (Lipinski definition) is 2. The molecule has 0 aliphatic carbocycles. The second-order valence-electron chi connectivity index (χ2n) is 7.79. The van der Waals surface area contributed by atoms with Crippen LogP contribution in [0.25, 0.3) is 0 Å². The Bertz CT molecular complexity index is 474. The Balaban J connectivity index is 4.92. The molecule has 0 saturated heterocycles. The van der Waals surface area contributed by atoms with Crippen LogP contribution in [-0.2, 0) is 23.9 Å². The summed E-state index contributed by atoms with van der Waals surface area (Å²) in [6.07, 6.45) is 0.459. The lowest BCUT2D eigenvalue weighted by Crippen LogP contribution is -2.40. The fraction of sp³-hybridized carbons (Fsp3) is 0.778. The molecule has 0 aromatic rings. The molecule has 0 fully saturated rings. The lowest BCUT2D eigenvalue weighted by atomic mass is 9.76. The van der Waals surface area contributed by atoms with Gasteiger partial charge in [0.25, 0.3) is 0 Å². The first kappa shape index (κ1) is 23.1. The van der Waals surface area contributed by atoms with E-state index in [-0.39, 0.29) is 24.7 Å². The highest BCUT2D eigenvalue weighted by atomic mass is 16.6. The van der Waals surface area contributed by atoms with Crippen LogP contribution in [0.3, 0.4) is 0 Å². The Hall–Kier alpha value is -1.92. The van der Waals surface area contributed by atoms with Crippen molar-refractivity contribution in [3.05, 3.63) is 0 Å². The molecule has 0 bridgehead atoms. The molecule has 2 atom stereocenters. The summed E-state index contributed by atoms with van der Waals surface area (Å²) in [5, 5.41) is 17.5. The molecule has 0 aromatic heterocycles. The molecule has 7 nitrogen and oxygen atoms in total. The molecular weight excluding hydrogens is 328 g/mol. The van der Waals surface area contributed by atoms with Gasteiger partial charge in [-0.05, 0) is 52.4 Å². The van der Waals surface area contributed by atoms with Crippen LogP contribution in [0, 0.1) is 22.7 Å². The summed E-state index contributed by atoms with van der Waals surface area (Å²) in [6.45, 7) is 9.97. The molecule has 7 heteroatoms. The Labute approximate surface area is 148 Å². The summed E-state index contributed by atoms with van der Waals surface area (Å²) >= 11 is 0. The van der Waals surface area contributed by atoms with Gasteiger partial charge in [0.1, 0.15) is 0 Å². The van der Waals surface area contributed by atoms with Crippen LogP contribution in [-0.4, -0.2) is 34.1 Å². The van der Waals surface area contributed by atoms with Crippen molar-refractivity contribution in [2.75, 3.05) is 0 Å². The Morgan fingerprint density at radius 2 is 1.04 bits per heavy atom. The molecule has 0 aliphatic heterocycles. The van der Waals surface area contributed by atoms with Crippen molar-refractivity contribution in [1.29, 1.82) is 0 Å².